The number of nitrogens with two attached hydrogens (primary N) is 1. The summed E-state index contributed by atoms with van der Waals surface area (Å²) in [4.78, 5) is 4.06. The number of rotatable bonds is 2. The molecule has 0 aliphatic rings. The minimum atomic E-state index is -4.39. The molecule has 0 spiro atoms. The van der Waals surface area contributed by atoms with E-state index in [2.05, 4.69) is 4.98 Å². The second kappa shape index (κ2) is 5.01. The first-order chi connectivity index (χ1) is 8.89. The molecule has 0 saturated carbocycles. The Hall–Kier alpha value is -1.88. The molecule has 0 fully saturated rings. The average Bonchev–Trinajstić information content (AvgIpc) is 2.38. The minimum absolute atomic E-state index is 0.0752. The molecular formula is C14H13F3N2. The van der Waals surface area contributed by atoms with Crippen LogP contribution in [0.4, 0.5) is 13.2 Å². The van der Waals surface area contributed by atoms with E-state index in [9.17, 15) is 13.2 Å². The molecule has 5 heteroatoms. The van der Waals surface area contributed by atoms with Crippen LogP contribution in [0.1, 0.15) is 24.1 Å². The second-order valence-electron chi connectivity index (χ2n) is 4.31. The van der Waals surface area contributed by atoms with Gasteiger partial charge in [0.05, 0.1) is 11.3 Å². The molecule has 0 aliphatic carbocycles. The maximum atomic E-state index is 12.9. The first-order valence-corrected chi connectivity index (χ1v) is 5.77. The Morgan fingerprint density at radius 1 is 1.11 bits per heavy atom. The van der Waals surface area contributed by atoms with E-state index in [4.69, 9.17) is 5.73 Å². The van der Waals surface area contributed by atoms with Gasteiger partial charge in [0.25, 0.3) is 0 Å². The summed E-state index contributed by atoms with van der Waals surface area (Å²) < 4.78 is 38.7. The molecular weight excluding hydrogens is 253 g/mol. The van der Waals surface area contributed by atoms with Crippen LogP contribution in [0.25, 0.3) is 11.3 Å². The molecule has 0 amide bonds. The van der Waals surface area contributed by atoms with Crippen molar-refractivity contribution in [2.45, 2.75) is 19.1 Å². The second-order valence-corrected chi connectivity index (χ2v) is 4.31. The molecule has 0 bridgehead atoms. The van der Waals surface area contributed by atoms with Gasteiger partial charge >= 0.3 is 6.18 Å². The van der Waals surface area contributed by atoms with E-state index in [-0.39, 0.29) is 17.3 Å². The van der Waals surface area contributed by atoms with Crippen LogP contribution in [-0.4, -0.2) is 4.98 Å². The molecule has 1 unspecified atom stereocenters. The minimum Gasteiger partial charge on any atom is -0.324 e. The summed E-state index contributed by atoms with van der Waals surface area (Å²) in [6, 6.07) is 8.45. The van der Waals surface area contributed by atoms with Crippen LogP contribution in [0.5, 0.6) is 0 Å². The van der Waals surface area contributed by atoms with Gasteiger partial charge in [-0.1, -0.05) is 24.3 Å². The van der Waals surface area contributed by atoms with Crippen molar-refractivity contribution in [1.82, 2.24) is 4.98 Å². The van der Waals surface area contributed by atoms with Crippen molar-refractivity contribution in [3.63, 3.8) is 0 Å². The molecule has 100 valence electrons. The standard InChI is InChI=1S/C14H13F3N2/c1-9(18)10-6-7-13(19-8-10)11-4-2-3-5-12(11)14(15,16)17/h2-9H,18H2,1H3. The average molecular weight is 266 g/mol. The van der Waals surface area contributed by atoms with Crippen molar-refractivity contribution in [2.75, 3.05) is 0 Å². The number of pyridine rings is 1. The Balaban J connectivity index is 2.48. The predicted octanol–water partition coefficient (Wildman–Crippen LogP) is 3.79. The van der Waals surface area contributed by atoms with Crippen LogP contribution in [0.2, 0.25) is 0 Å². The fraction of sp³-hybridized carbons (Fsp3) is 0.214. The fourth-order valence-electron chi connectivity index (χ4n) is 1.79. The summed E-state index contributed by atoms with van der Waals surface area (Å²) in [6.07, 6.45) is -2.88. The zero-order chi connectivity index (χ0) is 14.0. The van der Waals surface area contributed by atoms with E-state index in [0.717, 1.165) is 11.6 Å². The fourth-order valence-corrected chi connectivity index (χ4v) is 1.79. The summed E-state index contributed by atoms with van der Waals surface area (Å²) in [5, 5.41) is 0. The highest BCUT2D eigenvalue weighted by molar-refractivity contribution is 5.64. The Kier molecular flexibility index (Phi) is 3.57. The first kappa shape index (κ1) is 13.5. The van der Waals surface area contributed by atoms with Gasteiger partial charge in [-0.05, 0) is 24.6 Å². The largest absolute Gasteiger partial charge is 0.417 e. The van der Waals surface area contributed by atoms with Gasteiger partial charge in [0.15, 0.2) is 0 Å². The van der Waals surface area contributed by atoms with Crippen molar-refractivity contribution in [1.29, 1.82) is 0 Å². The molecule has 19 heavy (non-hydrogen) atoms. The van der Waals surface area contributed by atoms with Crippen LogP contribution in [-0.2, 0) is 6.18 Å². The summed E-state index contributed by atoms with van der Waals surface area (Å²) in [7, 11) is 0. The summed E-state index contributed by atoms with van der Waals surface area (Å²) in [6.45, 7) is 1.79. The van der Waals surface area contributed by atoms with Crippen LogP contribution in [0.15, 0.2) is 42.6 Å². The zero-order valence-corrected chi connectivity index (χ0v) is 10.3. The number of nitrogens with zero attached hydrogens (tertiary/aromatic N) is 1. The van der Waals surface area contributed by atoms with Gasteiger partial charge < -0.3 is 5.73 Å². The molecule has 0 radical (unpaired) electrons. The predicted molar refractivity (Wildman–Crippen MR) is 67.3 cm³/mol. The van der Waals surface area contributed by atoms with Gasteiger partial charge in [-0.15, -0.1) is 0 Å². The smallest absolute Gasteiger partial charge is 0.324 e. The molecule has 0 saturated heterocycles. The highest BCUT2D eigenvalue weighted by Crippen LogP contribution is 2.36. The SMILES string of the molecule is CC(N)c1ccc(-c2ccccc2C(F)(F)F)nc1. The number of halogens is 3. The summed E-state index contributed by atoms with van der Waals surface area (Å²) in [5.41, 5.74) is 6.15. The lowest BCUT2D eigenvalue weighted by Crippen LogP contribution is -2.08. The van der Waals surface area contributed by atoms with E-state index >= 15 is 0 Å². The molecule has 0 aliphatic heterocycles. The highest BCUT2D eigenvalue weighted by Gasteiger charge is 2.33. The molecule has 1 heterocycles. The van der Waals surface area contributed by atoms with Gasteiger partial charge in [0.2, 0.25) is 0 Å². The molecule has 1 atom stereocenters. The normalized spacial score (nSPS) is 13.3. The Morgan fingerprint density at radius 2 is 1.79 bits per heavy atom. The van der Waals surface area contributed by atoms with E-state index in [1.54, 1.807) is 25.1 Å². The van der Waals surface area contributed by atoms with Crippen LogP contribution < -0.4 is 5.73 Å². The van der Waals surface area contributed by atoms with E-state index in [1.165, 1.54) is 18.3 Å². The van der Waals surface area contributed by atoms with Crippen molar-refractivity contribution < 1.29 is 13.2 Å². The first-order valence-electron chi connectivity index (χ1n) is 5.77. The lowest BCUT2D eigenvalue weighted by Gasteiger charge is -2.12. The molecule has 2 N–H and O–H groups in total. The number of aromatic nitrogens is 1. The third-order valence-electron chi connectivity index (χ3n) is 2.82. The lowest BCUT2D eigenvalue weighted by atomic mass is 10.0. The van der Waals surface area contributed by atoms with Crippen molar-refractivity contribution in [3.8, 4) is 11.3 Å². The van der Waals surface area contributed by atoms with Gasteiger partial charge in [-0.2, -0.15) is 13.2 Å². The lowest BCUT2D eigenvalue weighted by molar-refractivity contribution is -0.137. The van der Waals surface area contributed by atoms with E-state index in [1.807, 2.05) is 0 Å². The molecule has 1 aromatic heterocycles. The number of hydrogen-bond acceptors (Lipinski definition) is 2. The van der Waals surface area contributed by atoms with Crippen LogP contribution >= 0.6 is 0 Å². The van der Waals surface area contributed by atoms with E-state index < -0.39 is 11.7 Å². The summed E-state index contributed by atoms with van der Waals surface area (Å²) in [5.74, 6) is 0. The highest BCUT2D eigenvalue weighted by atomic mass is 19.4. The van der Waals surface area contributed by atoms with Gasteiger partial charge in [0.1, 0.15) is 0 Å². The Bertz CT molecular complexity index is 560. The number of alkyl halides is 3. The maximum Gasteiger partial charge on any atom is 0.417 e. The quantitative estimate of drug-likeness (QED) is 0.898. The third-order valence-corrected chi connectivity index (χ3v) is 2.82. The van der Waals surface area contributed by atoms with Crippen molar-refractivity contribution >= 4 is 0 Å². The topological polar surface area (TPSA) is 38.9 Å². The molecule has 1 aromatic carbocycles. The van der Waals surface area contributed by atoms with Gasteiger partial charge in [0, 0.05) is 17.8 Å². The van der Waals surface area contributed by atoms with Crippen LogP contribution in [0.3, 0.4) is 0 Å². The zero-order valence-electron chi connectivity index (χ0n) is 10.3. The van der Waals surface area contributed by atoms with Gasteiger partial charge in [-0.3, -0.25) is 4.98 Å². The monoisotopic (exact) mass is 266 g/mol. The van der Waals surface area contributed by atoms with Crippen molar-refractivity contribution in [2.24, 2.45) is 5.73 Å². The number of benzene rings is 1. The van der Waals surface area contributed by atoms with Gasteiger partial charge in [-0.25, -0.2) is 0 Å². The maximum absolute atomic E-state index is 12.9. The molecule has 2 rings (SSSR count). The third kappa shape index (κ3) is 2.93. The Morgan fingerprint density at radius 3 is 2.32 bits per heavy atom. The Labute approximate surface area is 109 Å². The van der Waals surface area contributed by atoms with E-state index in [0.29, 0.717) is 0 Å². The van der Waals surface area contributed by atoms with Crippen LogP contribution in [0, 0.1) is 0 Å². The number of hydrogen-bond donors (Lipinski definition) is 1. The molecule has 2 aromatic rings. The van der Waals surface area contributed by atoms with Crippen molar-refractivity contribution in [3.05, 3.63) is 53.7 Å². The summed E-state index contributed by atoms with van der Waals surface area (Å²) >= 11 is 0. The molecule has 2 nitrogen and oxygen atoms in total.